The molecular weight excluding hydrogens is 438 g/mol. The van der Waals surface area contributed by atoms with E-state index in [1.54, 1.807) is 30.3 Å². The van der Waals surface area contributed by atoms with Gasteiger partial charge in [-0.2, -0.15) is 0 Å². The van der Waals surface area contributed by atoms with E-state index in [9.17, 15) is 13.2 Å². The van der Waals surface area contributed by atoms with Crippen LogP contribution in [-0.2, 0) is 15.6 Å². The number of likely N-dealkylation sites (N-methyl/N-ethyl adjacent to an activating group) is 1. The van der Waals surface area contributed by atoms with Crippen molar-refractivity contribution in [2.45, 2.75) is 24.5 Å². The van der Waals surface area contributed by atoms with Gasteiger partial charge in [0.1, 0.15) is 0 Å². The van der Waals surface area contributed by atoms with Crippen LogP contribution in [-0.4, -0.2) is 51.9 Å². The highest BCUT2D eigenvalue weighted by molar-refractivity contribution is 7.90. The highest BCUT2D eigenvalue weighted by Gasteiger charge is 2.23. The molecule has 1 aliphatic heterocycles. The van der Waals surface area contributed by atoms with Crippen LogP contribution in [0.4, 0.5) is 11.4 Å². The third kappa shape index (κ3) is 5.29. The van der Waals surface area contributed by atoms with Gasteiger partial charge in [-0.15, -0.1) is 0 Å². The molecule has 7 nitrogen and oxygen atoms in total. The zero-order valence-electron chi connectivity index (χ0n) is 19.0. The SMILES string of the molecule is CCN1CCN(c2ccc(NC(=O)c3occc3CS(=O)(=O)c3ccccc3)cc2C)CC1. The largest absolute Gasteiger partial charge is 0.459 e. The van der Waals surface area contributed by atoms with Crippen molar-refractivity contribution in [2.24, 2.45) is 0 Å². The predicted molar refractivity (Wildman–Crippen MR) is 129 cm³/mol. The number of carbonyl (C=O) groups is 1. The first kappa shape index (κ1) is 23.1. The van der Waals surface area contributed by atoms with E-state index in [0.29, 0.717) is 11.3 Å². The summed E-state index contributed by atoms with van der Waals surface area (Å²) in [5.74, 6) is -0.772. The van der Waals surface area contributed by atoms with Crippen LogP contribution in [0.1, 0.15) is 28.6 Å². The lowest BCUT2D eigenvalue weighted by Crippen LogP contribution is -2.46. The molecule has 1 N–H and O–H groups in total. The molecular formula is C25H29N3O4S. The number of nitrogens with one attached hydrogen (secondary N) is 1. The van der Waals surface area contributed by atoms with Crippen molar-refractivity contribution < 1.29 is 17.6 Å². The quantitative estimate of drug-likeness (QED) is 0.566. The number of furan rings is 1. The fourth-order valence-corrected chi connectivity index (χ4v) is 5.52. The minimum atomic E-state index is -3.59. The van der Waals surface area contributed by atoms with Gasteiger partial charge in [-0.3, -0.25) is 4.79 Å². The Morgan fingerprint density at radius 2 is 1.76 bits per heavy atom. The number of rotatable bonds is 7. The van der Waals surface area contributed by atoms with Crippen molar-refractivity contribution in [3.05, 3.63) is 77.7 Å². The van der Waals surface area contributed by atoms with Crippen LogP contribution in [0, 0.1) is 6.92 Å². The molecule has 0 aliphatic carbocycles. The number of sulfone groups is 1. The Balaban J connectivity index is 1.45. The van der Waals surface area contributed by atoms with E-state index in [1.807, 2.05) is 25.1 Å². The number of hydrogen-bond donors (Lipinski definition) is 1. The van der Waals surface area contributed by atoms with Crippen LogP contribution < -0.4 is 10.2 Å². The first-order chi connectivity index (χ1) is 15.9. The van der Waals surface area contributed by atoms with E-state index in [0.717, 1.165) is 44.0 Å². The molecule has 2 heterocycles. The Labute approximate surface area is 194 Å². The molecule has 0 radical (unpaired) electrons. The average molecular weight is 468 g/mol. The fourth-order valence-electron chi connectivity index (χ4n) is 4.15. The van der Waals surface area contributed by atoms with Gasteiger partial charge in [0.25, 0.3) is 5.91 Å². The Morgan fingerprint density at radius 3 is 2.42 bits per heavy atom. The summed E-state index contributed by atoms with van der Waals surface area (Å²) in [5.41, 5.74) is 3.21. The van der Waals surface area contributed by atoms with Crippen molar-refractivity contribution in [3.63, 3.8) is 0 Å². The molecule has 0 bridgehead atoms. The average Bonchev–Trinajstić information content (AvgIpc) is 3.27. The standard InChI is InChI=1S/C25H29N3O4S/c1-3-27-12-14-28(15-13-27)23-10-9-21(17-19(23)2)26-25(29)24-20(11-16-32-24)18-33(30,31)22-7-5-4-6-8-22/h4-11,16-17H,3,12-15,18H2,1-2H3,(H,26,29). The summed E-state index contributed by atoms with van der Waals surface area (Å²) in [7, 11) is -3.59. The molecule has 1 aromatic heterocycles. The van der Waals surface area contributed by atoms with Gasteiger partial charge in [-0.1, -0.05) is 25.1 Å². The Morgan fingerprint density at radius 1 is 1.03 bits per heavy atom. The number of piperazine rings is 1. The lowest BCUT2D eigenvalue weighted by atomic mass is 10.1. The summed E-state index contributed by atoms with van der Waals surface area (Å²) < 4.78 is 30.8. The second-order valence-corrected chi connectivity index (χ2v) is 10.2. The van der Waals surface area contributed by atoms with Crippen molar-refractivity contribution in [1.82, 2.24) is 4.90 Å². The normalized spacial score (nSPS) is 14.9. The van der Waals surface area contributed by atoms with E-state index >= 15 is 0 Å². The molecule has 0 spiro atoms. The van der Waals surface area contributed by atoms with Crippen LogP contribution in [0.25, 0.3) is 0 Å². The maximum Gasteiger partial charge on any atom is 0.291 e. The van der Waals surface area contributed by atoms with Crippen LogP contribution in [0.5, 0.6) is 0 Å². The van der Waals surface area contributed by atoms with E-state index in [1.165, 1.54) is 12.3 Å². The zero-order chi connectivity index (χ0) is 23.4. The van der Waals surface area contributed by atoms with Crippen molar-refractivity contribution in [2.75, 3.05) is 42.9 Å². The maximum atomic E-state index is 12.9. The molecule has 2 aromatic carbocycles. The van der Waals surface area contributed by atoms with Crippen molar-refractivity contribution in [1.29, 1.82) is 0 Å². The Bertz CT molecular complexity index is 1210. The molecule has 0 saturated carbocycles. The number of amides is 1. The lowest BCUT2D eigenvalue weighted by Gasteiger charge is -2.36. The fraction of sp³-hybridized carbons (Fsp3) is 0.320. The Kier molecular flexibility index (Phi) is 6.85. The summed E-state index contributed by atoms with van der Waals surface area (Å²) >= 11 is 0. The number of nitrogens with zero attached hydrogens (tertiary/aromatic N) is 2. The van der Waals surface area contributed by atoms with Crippen LogP contribution in [0.15, 0.2) is 70.2 Å². The zero-order valence-corrected chi connectivity index (χ0v) is 19.8. The maximum absolute atomic E-state index is 12.9. The molecule has 174 valence electrons. The molecule has 0 atom stereocenters. The van der Waals surface area contributed by atoms with E-state index in [2.05, 4.69) is 22.0 Å². The monoisotopic (exact) mass is 467 g/mol. The topological polar surface area (TPSA) is 82.9 Å². The van der Waals surface area contributed by atoms with Crippen LogP contribution >= 0.6 is 0 Å². The highest BCUT2D eigenvalue weighted by Crippen LogP contribution is 2.26. The minimum Gasteiger partial charge on any atom is -0.459 e. The first-order valence-corrected chi connectivity index (χ1v) is 12.8. The summed E-state index contributed by atoms with van der Waals surface area (Å²) in [6.45, 7) is 9.32. The highest BCUT2D eigenvalue weighted by atomic mass is 32.2. The van der Waals surface area contributed by atoms with Gasteiger partial charge in [-0.05, 0) is 55.4 Å². The van der Waals surface area contributed by atoms with E-state index < -0.39 is 15.7 Å². The molecule has 1 aliphatic rings. The predicted octanol–water partition coefficient (Wildman–Crippen LogP) is 3.96. The van der Waals surface area contributed by atoms with Crippen LogP contribution in [0.3, 0.4) is 0 Å². The van der Waals surface area contributed by atoms with Gasteiger partial charge in [0.2, 0.25) is 0 Å². The van der Waals surface area contributed by atoms with Gasteiger partial charge in [0, 0.05) is 43.1 Å². The Hall–Kier alpha value is -3.10. The second-order valence-electron chi connectivity index (χ2n) is 8.22. The second kappa shape index (κ2) is 9.80. The third-order valence-electron chi connectivity index (χ3n) is 6.02. The smallest absolute Gasteiger partial charge is 0.291 e. The number of benzene rings is 2. The van der Waals surface area contributed by atoms with E-state index in [-0.39, 0.29) is 16.4 Å². The number of anilines is 2. The molecule has 1 fully saturated rings. The summed E-state index contributed by atoms with van der Waals surface area (Å²) in [4.78, 5) is 17.9. The van der Waals surface area contributed by atoms with Gasteiger partial charge < -0.3 is 19.5 Å². The number of carbonyl (C=O) groups excluding carboxylic acids is 1. The molecule has 3 aromatic rings. The van der Waals surface area contributed by atoms with Crippen LogP contribution in [0.2, 0.25) is 0 Å². The van der Waals surface area contributed by atoms with E-state index in [4.69, 9.17) is 4.42 Å². The summed E-state index contributed by atoms with van der Waals surface area (Å²) in [6, 6.07) is 15.5. The molecule has 1 saturated heterocycles. The third-order valence-corrected chi connectivity index (χ3v) is 7.70. The van der Waals surface area contributed by atoms with Gasteiger partial charge in [0.15, 0.2) is 15.6 Å². The van der Waals surface area contributed by atoms with Gasteiger partial charge in [0.05, 0.1) is 16.9 Å². The minimum absolute atomic E-state index is 0.00641. The van der Waals surface area contributed by atoms with Gasteiger partial charge >= 0.3 is 0 Å². The number of aryl methyl sites for hydroxylation is 1. The molecule has 1 amide bonds. The van der Waals surface area contributed by atoms with Crippen molar-refractivity contribution >= 4 is 27.1 Å². The lowest BCUT2D eigenvalue weighted by molar-refractivity contribution is 0.0996. The number of hydrogen-bond acceptors (Lipinski definition) is 6. The van der Waals surface area contributed by atoms with Gasteiger partial charge in [-0.25, -0.2) is 8.42 Å². The molecule has 4 rings (SSSR count). The summed E-state index contributed by atoms with van der Waals surface area (Å²) in [6.07, 6.45) is 1.34. The van der Waals surface area contributed by atoms with Crippen molar-refractivity contribution in [3.8, 4) is 0 Å². The molecule has 8 heteroatoms. The molecule has 33 heavy (non-hydrogen) atoms. The summed E-state index contributed by atoms with van der Waals surface area (Å²) in [5, 5.41) is 2.84. The molecule has 0 unspecified atom stereocenters. The first-order valence-electron chi connectivity index (χ1n) is 11.1.